The standard InChI is InChI=1S/C33H34FN5O5/c1-7-19-9-8-10-20-13-23(43-18-41-5)14-24(26(19)20)28-27(34)29-25(15-35-28)30(37-31(36-29)42-6)38-16-21-11-12-22(17-38)39(21)32(40)44-33(2,3)4/h1,8-10,13-15,21-22H,11-12,16-18H2,2-6H3. The summed E-state index contributed by atoms with van der Waals surface area (Å²) in [5.74, 6) is 3.03. The highest BCUT2D eigenvalue weighted by Gasteiger charge is 2.45. The molecular formula is C33H34FN5O5. The molecule has 0 radical (unpaired) electrons. The fourth-order valence-electron chi connectivity index (χ4n) is 6.15. The summed E-state index contributed by atoms with van der Waals surface area (Å²) < 4.78 is 38.6. The first-order valence-corrected chi connectivity index (χ1v) is 14.4. The second-order valence-electron chi connectivity index (χ2n) is 12.0. The lowest BCUT2D eigenvalue weighted by Gasteiger charge is -2.42. The number of nitrogens with zero attached hydrogens (tertiary/aromatic N) is 5. The number of fused-ring (bicyclic) bond motifs is 4. The van der Waals surface area contributed by atoms with Gasteiger partial charge in [-0.2, -0.15) is 9.97 Å². The summed E-state index contributed by atoms with van der Waals surface area (Å²) in [4.78, 5) is 30.6. The number of hydrogen-bond acceptors (Lipinski definition) is 9. The summed E-state index contributed by atoms with van der Waals surface area (Å²) >= 11 is 0. The molecule has 0 saturated carbocycles. The second-order valence-corrected chi connectivity index (χ2v) is 12.0. The lowest BCUT2D eigenvalue weighted by Crippen LogP contribution is -2.57. The van der Waals surface area contributed by atoms with Crippen LogP contribution in [0.4, 0.5) is 15.0 Å². The molecule has 228 valence electrons. The van der Waals surface area contributed by atoms with E-state index in [1.165, 1.54) is 14.2 Å². The summed E-state index contributed by atoms with van der Waals surface area (Å²) in [6.07, 6.45) is 8.78. The van der Waals surface area contributed by atoms with E-state index in [0.29, 0.717) is 46.6 Å². The third-order valence-electron chi connectivity index (χ3n) is 7.92. The molecule has 4 aromatic rings. The minimum absolute atomic E-state index is 0.0182. The molecule has 10 nitrogen and oxygen atoms in total. The Balaban J connectivity index is 1.44. The first kappa shape index (κ1) is 29.4. The highest BCUT2D eigenvalue weighted by Crippen LogP contribution is 2.40. The van der Waals surface area contributed by atoms with Crippen LogP contribution in [0, 0.1) is 18.2 Å². The molecule has 2 saturated heterocycles. The van der Waals surface area contributed by atoms with E-state index >= 15 is 4.39 Å². The van der Waals surface area contributed by atoms with E-state index in [1.54, 1.807) is 18.3 Å². The predicted octanol–water partition coefficient (Wildman–Crippen LogP) is 5.54. The zero-order chi connectivity index (χ0) is 31.2. The van der Waals surface area contributed by atoms with Gasteiger partial charge >= 0.3 is 12.1 Å². The summed E-state index contributed by atoms with van der Waals surface area (Å²) in [5, 5.41) is 1.87. The zero-order valence-electron chi connectivity index (χ0n) is 25.4. The Hall–Kier alpha value is -4.69. The number of ether oxygens (including phenoxy) is 4. The van der Waals surface area contributed by atoms with Crippen LogP contribution in [0.2, 0.25) is 0 Å². The molecule has 2 aliphatic rings. The number of aromatic nitrogens is 3. The van der Waals surface area contributed by atoms with E-state index in [1.807, 2.05) is 43.9 Å². The summed E-state index contributed by atoms with van der Waals surface area (Å²) in [6, 6.07) is 8.93. The molecule has 6 rings (SSSR count). The van der Waals surface area contributed by atoms with Gasteiger partial charge in [-0.05, 0) is 57.2 Å². The minimum atomic E-state index is -0.642. The van der Waals surface area contributed by atoms with Crippen molar-refractivity contribution in [3.63, 3.8) is 0 Å². The third kappa shape index (κ3) is 5.30. The maximum absolute atomic E-state index is 16.6. The molecule has 0 spiro atoms. The van der Waals surface area contributed by atoms with Crippen molar-refractivity contribution in [2.24, 2.45) is 0 Å². The van der Waals surface area contributed by atoms with E-state index in [0.717, 1.165) is 18.2 Å². The van der Waals surface area contributed by atoms with Gasteiger partial charge in [0, 0.05) is 42.9 Å². The number of terminal acetylenes is 1. The summed E-state index contributed by atoms with van der Waals surface area (Å²) in [5.41, 5.74) is 0.593. The Morgan fingerprint density at radius 2 is 1.89 bits per heavy atom. The maximum Gasteiger partial charge on any atom is 0.410 e. The van der Waals surface area contributed by atoms with Gasteiger partial charge in [0.05, 0.1) is 24.6 Å². The van der Waals surface area contributed by atoms with Gasteiger partial charge in [0.25, 0.3) is 0 Å². The zero-order valence-corrected chi connectivity index (χ0v) is 25.4. The van der Waals surface area contributed by atoms with Gasteiger partial charge in [0.15, 0.2) is 12.6 Å². The van der Waals surface area contributed by atoms with E-state index in [2.05, 4.69) is 25.8 Å². The van der Waals surface area contributed by atoms with Crippen molar-refractivity contribution in [1.82, 2.24) is 19.9 Å². The molecule has 2 aromatic heterocycles. The first-order valence-electron chi connectivity index (χ1n) is 14.4. The number of amides is 1. The Morgan fingerprint density at radius 3 is 2.55 bits per heavy atom. The monoisotopic (exact) mass is 599 g/mol. The molecule has 0 N–H and O–H groups in total. The number of benzene rings is 2. The van der Waals surface area contributed by atoms with Gasteiger partial charge in [-0.25, -0.2) is 9.18 Å². The van der Waals surface area contributed by atoms with Crippen molar-refractivity contribution in [3.8, 4) is 35.4 Å². The fraction of sp³-hybridized carbons (Fsp3) is 0.394. The van der Waals surface area contributed by atoms with E-state index in [-0.39, 0.29) is 42.2 Å². The van der Waals surface area contributed by atoms with E-state index in [4.69, 9.17) is 25.4 Å². The molecule has 2 aliphatic heterocycles. The van der Waals surface area contributed by atoms with Crippen molar-refractivity contribution in [1.29, 1.82) is 0 Å². The quantitative estimate of drug-likeness (QED) is 0.209. The lowest BCUT2D eigenvalue weighted by atomic mass is 9.96. The van der Waals surface area contributed by atoms with Crippen LogP contribution >= 0.6 is 0 Å². The van der Waals surface area contributed by atoms with Crippen LogP contribution < -0.4 is 14.4 Å². The molecule has 1 amide bonds. The number of anilines is 1. The average molecular weight is 600 g/mol. The summed E-state index contributed by atoms with van der Waals surface area (Å²) in [6.45, 7) is 6.60. The Bertz CT molecular complexity index is 1790. The molecule has 2 unspecified atom stereocenters. The fourth-order valence-corrected chi connectivity index (χ4v) is 6.15. The molecule has 11 heteroatoms. The second kappa shape index (κ2) is 11.4. The number of pyridine rings is 1. The van der Waals surface area contributed by atoms with Gasteiger partial charge in [-0.1, -0.05) is 18.1 Å². The maximum atomic E-state index is 16.6. The SMILES string of the molecule is C#Cc1cccc2cc(OCOC)cc(-c3ncc4c(N5CC6CCC(C5)N6C(=O)OC(C)(C)C)nc(OC)nc4c3F)c12. The molecule has 2 aromatic carbocycles. The van der Waals surface area contributed by atoms with Crippen LogP contribution in [0.25, 0.3) is 32.9 Å². The van der Waals surface area contributed by atoms with Crippen molar-refractivity contribution in [2.75, 3.05) is 39.0 Å². The van der Waals surface area contributed by atoms with Crippen LogP contribution in [-0.2, 0) is 9.47 Å². The van der Waals surface area contributed by atoms with E-state index < -0.39 is 11.4 Å². The van der Waals surface area contributed by atoms with Crippen LogP contribution in [0.3, 0.4) is 0 Å². The highest BCUT2D eigenvalue weighted by atomic mass is 19.1. The smallest absolute Gasteiger partial charge is 0.410 e. The molecule has 4 heterocycles. The number of carbonyl (C=O) groups excluding carboxylic acids is 1. The van der Waals surface area contributed by atoms with Crippen LogP contribution in [0.1, 0.15) is 39.2 Å². The largest absolute Gasteiger partial charge is 0.468 e. The van der Waals surface area contributed by atoms with Crippen LogP contribution in [0.15, 0.2) is 36.5 Å². The number of rotatable bonds is 6. The van der Waals surface area contributed by atoms with Crippen molar-refractivity contribution in [3.05, 3.63) is 47.9 Å². The number of carbonyl (C=O) groups is 1. The molecule has 2 bridgehead atoms. The molecule has 0 aliphatic carbocycles. The van der Waals surface area contributed by atoms with Crippen LogP contribution in [-0.4, -0.2) is 77.7 Å². The van der Waals surface area contributed by atoms with Gasteiger partial charge in [-0.15, -0.1) is 6.42 Å². The minimum Gasteiger partial charge on any atom is -0.468 e. The number of methoxy groups -OCH3 is 2. The number of halogens is 1. The third-order valence-corrected chi connectivity index (χ3v) is 7.92. The highest BCUT2D eigenvalue weighted by molar-refractivity contribution is 6.03. The average Bonchev–Trinajstić information content (AvgIpc) is 3.27. The Kier molecular flexibility index (Phi) is 7.63. The molecule has 2 fully saturated rings. The van der Waals surface area contributed by atoms with Gasteiger partial charge < -0.3 is 23.8 Å². The number of hydrogen-bond donors (Lipinski definition) is 0. The number of piperazine rings is 1. The Morgan fingerprint density at radius 1 is 1.14 bits per heavy atom. The van der Waals surface area contributed by atoms with Crippen LogP contribution in [0.5, 0.6) is 11.8 Å². The Labute approximate surface area is 255 Å². The van der Waals surface area contributed by atoms with E-state index in [9.17, 15) is 4.79 Å². The normalized spacial score (nSPS) is 18.0. The van der Waals surface area contributed by atoms with Gasteiger partial charge in [0.2, 0.25) is 0 Å². The summed E-state index contributed by atoms with van der Waals surface area (Å²) in [7, 11) is 2.97. The molecule has 44 heavy (non-hydrogen) atoms. The molecular weight excluding hydrogens is 565 g/mol. The topological polar surface area (TPSA) is 99.1 Å². The first-order chi connectivity index (χ1) is 21.1. The lowest BCUT2D eigenvalue weighted by molar-refractivity contribution is 0.0122. The predicted molar refractivity (Wildman–Crippen MR) is 164 cm³/mol. The van der Waals surface area contributed by atoms with Gasteiger partial charge in [-0.3, -0.25) is 9.88 Å². The van der Waals surface area contributed by atoms with Crippen molar-refractivity contribution >= 4 is 33.6 Å². The van der Waals surface area contributed by atoms with Crippen molar-refractivity contribution in [2.45, 2.75) is 51.3 Å². The van der Waals surface area contributed by atoms with Gasteiger partial charge in [0.1, 0.15) is 28.4 Å². The van der Waals surface area contributed by atoms with Crippen molar-refractivity contribution < 1.29 is 28.1 Å². The molecule has 2 atom stereocenters.